The number of benzene rings is 1. The molecule has 1 amide bonds. The van der Waals surface area contributed by atoms with Crippen LogP contribution >= 0.6 is 27.5 Å². The maximum atomic E-state index is 12.8. The van der Waals surface area contributed by atoms with Gasteiger partial charge in [0.25, 0.3) is 5.91 Å². The molecule has 0 bridgehead atoms. The third kappa shape index (κ3) is 3.99. The van der Waals surface area contributed by atoms with Gasteiger partial charge < -0.3 is 9.80 Å². The molecule has 3 heterocycles. The molecule has 0 saturated carbocycles. The molecule has 1 aliphatic heterocycles. The van der Waals surface area contributed by atoms with Crippen LogP contribution in [0.2, 0.25) is 5.02 Å². The van der Waals surface area contributed by atoms with Crippen LogP contribution in [-0.4, -0.2) is 51.8 Å². The van der Waals surface area contributed by atoms with E-state index in [1.54, 1.807) is 29.2 Å². The molecule has 4 rings (SSSR count). The summed E-state index contributed by atoms with van der Waals surface area (Å²) in [6.45, 7) is 2.77. The number of carbonyl (C=O) groups is 1. The fraction of sp³-hybridized carbons (Fsp3) is 0.211. The van der Waals surface area contributed by atoms with Crippen LogP contribution in [-0.2, 0) is 0 Å². The van der Waals surface area contributed by atoms with E-state index in [4.69, 9.17) is 11.6 Å². The fourth-order valence-electron chi connectivity index (χ4n) is 3.06. The number of pyridine rings is 1. The highest BCUT2D eigenvalue weighted by Gasteiger charge is 2.24. The van der Waals surface area contributed by atoms with Crippen LogP contribution < -0.4 is 4.90 Å². The van der Waals surface area contributed by atoms with Crippen LogP contribution in [0.1, 0.15) is 10.5 Å². The SMILES string of the molecule is O=C(c1ccn(-c2cccc(Cl)c2)n1)N1CCN(c2ccc(Br)cn2)CC1. The summed E-state index contributed by atoms with van der Waals surface area (Å²) in [5.74, 6) is 0.870. The summed E-state index contributed by atoms with van der Waals surface area (Å²) in [4.78, 5) is 21.2. The minimum atomic E-state index is -0.0563. The van der Waals surface area contributed by atoms with Gasteiger partial charge in [0.2, 0.25) is 0 Å². The Hall–Kier alpha value is -2.38. The first-order valence-electron chi connectivity index (χ1n) is 8.57. The molecule has 0 unspecified atom stereocenters. The third-order valence-corrected chi connectivity index (χ3v) is 5.19. The smallest absolute Gasteiger partial charge is 0.274 e. The van der Waals surface area contributed by atoms with Crippen molar-refractivity contribution in [3.05, 3.63) is 70.0 Å². The maximum absolute atomic E-state index is 12.8. The lowest BCUT2D eigenvalue weighted by molar-refractivity contribution is 0.0740. The quantitative estimate of drug-likeness (QED) is 0.616. The molecule has 138 valence electrons. The highest BCUT2D eigenvalue weighted by Crippen LogP contribution is 2.18. The van der Waals surface area contributed by atoms with Crippen molar-refractivity contribution >= 4 is 39.3 Å². The van der Waals surface area contributed by atoms with Crippen molar-refractivity contribution in [3.63, 3.8) is 0 Å². The first-order chi connectivity index (χ1) is 13.1. The van der Waals surface area contributed by atoms with Crippen LogP contribution in [0.15, 0.2) is 59.3 Å². The average Bonchev–Trinajstić information content (AvgIpc) is 3.18. The third-order valence-electron chi connectivity index (χ3n) is 4.48. The van der Waals surface area contributed by atoms with Gasteiger partial charge in [-0.15, -0.1) is 0 Å². The minimum Gasteiger partial charge on any atom is -0.353 e. The van der Waals surface area contributed by atoms with E-state index in [-0.39, 0.29) is 5.91 Å². The molecule has 0 N–H and O–H groups in total. The topological polar surface area (TPSA) is 54.3 Å². The monoisotopic (exact) mass is 445 g/mol. The molecular weight excluding hydrogens is 430 g/mol. The second kappa shape index (κ2) is 7.70. The molecule has 0 atom stereocenters. The number of carbonyl (C=O) groups excluding carboxylic acids is 1. The van der Waals surface area contributed by atoms with Crippen LogP contribution in [0.3, 0.4) is 0 Å². The zero-order chi connectivity index (χ0) is 18.8. The van der Waals surface area contributed by atoms with Gasteiger partial charge in [-0.3, -0.25) is 4.79 Å². The second-order valence-corrected chi connectivity index (χ2v) is 7.59. The first-order valence-corrected chi connectivity index (χ1v) is 9.75. The number of halogens is 2. The van der Waals surface area contributed by atoms with Crippen molar-refractivity contribution in [2.45, 2.75) is 0 Å². The van der Waals surface area contributed by atoms with E-state index < -0.39 is 0 Å². The van der Waals surface area contributed by atoms with Crippen LogP contribution in [0.4, 0.5) is 5.82 Å². The molecule has 0 aliphatic carbocycles. The molecule has 3 aromatic rings. The number of piperazine rings is 1. The van der Waals surface area contributed by atoms with E-state index in [1.807, 2.05) is 35.2 Å². The summed E-state index contributed by atoms with van der Waals surface area (Å²) in [5, 5.41) is 5.05. The fourth-order valence-corrected chi connectivity index (χ4v) is 3.48. The summed E-state index contributed by atoms with van der Waals surface area (Å²) >= 11 is 9.43. The maximum Gasteiger partial charge on any atom is 0.274 e. The number of amides is 1. The number of hydrogen-bond donors (Lipinski definition) is 0. The molecule has 0 spiro atoms. The molecule has 0 radical (unpaired) electrons. The van der Waals surface area contributed by atoms with Gasteiger partial charge in [0.15, 0.2) is 5.69 Å². The van der Waals surface area contributed by atoms with Crippen molar-refractivity contribution in [3.8, 4) is 5.69 Å². The standard InChI is InChI=1S/C19H17BrClN5O/c20-14-4-5-18(22-13-14)24-8-10-25(11-9-24)19(27)17-6-7-26(23-17)16-3-1-2-15(21)12-16/h1-7,12-13H,8-11H2. The van der Waals surface area contributed by atoms with Gasteiger partial charge in [0, 0.05) is 48.1 Å². The van der Waals surface area contributed by atoms with Crippen molar-refractivity contribution in [1.82, 2.24) is 19.7 Å². The normalized spacial score (nSPS) is 14.4. The number of rotatable bonds is 3. The summed E-state index contributed by atoms with van der Waals surface area (Å²) < 4.78 is 2.62. The lowest BCUT2D eigenvalue weighted by Crippen LogP contribution is -2.49. The minimum absolute atomic E-state index is 0.0563. The highest BCUT2D eigenvalue weighted by atomic mass is 79.9. The van der Waals surface area contributed by atoms with Gasteiger partial charge in [-0.2, -0.15) is 5.10 Å². The Morgan fingerprint density at radius 1 is 1.07 bits per heavy atom. The lowest BCUT2D eigenvalue weighted by atomic mass is 10.2. The van der Waals surface area contributed by atoms with Gasteiger partial charge in [0.1, 0.15) is 5.82 Å². The van der Waals surface area contributed by atoms with Gasteiger partial charge in [-0.25, -0.2) is 9.67 Å². The molecular formula is C19H17BrClN5O. The molecule has 6 nitrogen and oxygen atoms in total. The van der Waals surface area contributed by atoms with E-state index in [0.29, 0.717) is 23.8 Å². The Morgan fingerprint density at radius 2 is 1.89 bits per heavy atom. The van der Waals surface area contributed by atoms with Crippen molar-refractivity contribution < 1.29 is 4.79 Å². The zero-order valence-electron chi connectivity index (χ0n) is 14.4. The Balaban J connectivity index is 1.42. The van der Waals surface area contributed by atoms with Crippen LogP contribution in [0.5, 0.6) is 0 Å². The van der Waals surface area contributed by atoms with Crippen LogP contribution in [0.25, 0.3) is 5.69 Å². The summed E-state index contributed by atoms with van der Waals surface area (Å²) in [6.07, 6.45) is 3.57. The Kier molecular flexibility index (Phi) is 5.13. The van der Waals surface area contributed by atoms with E-state index in [1.165, 1.54) is 0 Å². The van der Waals surface area contributed by atoms with Gasteiger partial charge in [-0.05, 0) is 52.3 Å². The second-order valence-electron chi connectivity index (χ2n) is 6.24. The van der Waals surface area contributed by atoms with Crippen molar-refractivity contribution in [1.29, 1.82) is 0 Å². The van der Waals surface area contributed by atoms with E-state index in [2.05, 4.69) is 30.9 Å². The Labute approximate surface area is 170 Å². The molecule has 1 aromatic carbocycles. The first kappa shape index (κ1) is 18.0. The number of nitrogens with zero attached hydrogens (tertiary/aromatic N) is 5. The number of hydrogen-bond acceptors (Lipinski definition) is 4. The van der Waals surface area contributed by atoms with E-state index >= 15 is 0 Å². The van der Waals surface area contributed by atoms with E-state index in [9.17, 15) is 4.79 Å². The highest BCUT2D eigenvalue weighted by molar-refractivity contribution is 9.10. The molecule has 1 aliphatic rings. The predicted octanol–water partition coefficient (Wildman–Crippen LogP) is 3.65. The Bertz CT molecular complexity index is 951. The van der Waals surface area contributed by atoms with Crippen LogP contribution in [0, 0.1) is 0 Å². The molecule has 27 heavy (non-hydrogen) atoms. The van der Waals surface area contributed by atoms with Crippen molar-refractivity contribution in [2.75, 3.05) is 31.1 Å². The largest absolute Gasteiger partial charge is 0.353 e. The van der Waals surface area contributed by atoms with E-state index in [0.717, 1.165) is 29.1 Å². The van der Waals surface area contributed by atoms with Gasteiger partial charge in [-0.1, -0.05) is 17.7 Å². The molecule has 8 heteroatoms. The Morgan fingerprint density at radius 3 is 2.59 bits per heavy atom. The predicted molar refractivity (Wildman–Crippen MR) is 109 cm³/mol. The number of anilines is 1. The molecule has 1 fully saturated rings. The average molecular weight is 447 g/mol. The van der Waals surface area contributed by atoms with Crippen molar-refractivity contribution in [2.24, 2.45) is 0 Å². The zero-order valence-corrected chi connectivity index (χ0v) is 16.8. The molecule has 1 saturated heterocycles. The summed E-state index contributed by atoms with van der Waals surface area (Å²) in [6, 6.07) is 13.1. The molecule has 2 aromatic heterocycles. The number of aromatic nitrogens is 3. The lowest BCUT2D eigenvalue weighted by Gasteiger charge is -2.35. The van der Waals surface area contributed by atoms with Gasteiger partial charge >= 0.3 is 0 Å². The van der Waals surface area contributed by atoms with Gasteiger partial charge in [0.05, 0.1) is 5.69 Å². The summed E-state index contributed by atoms with van der Waals surface area (Å²) in [7, 11) is 0. The summed E-state index contributed by atoms with van der Waals surface area (Å²) in [5.41, 5.74) is 1.26.